The van der Waals surface area contributed by atoms with Gasteiger partial charge in [0.05, 0.1) is 6.33 Å². The molecule has 11 nitrogen and oxygen atoms in total. The average Bonchev–Trinajstić information content (AvgIpc) is 3.60. The molecule has 2 fully saturated rings. The fourth-order valence-electron chi connectivity index (χ4n) is 4.83. The van der Waals surface area contributed by atoms with E-state index in [4.69, 9.17) is 14.2 Å². The number of aromatic nitrogens is 4. The molecule has 192 valence electrons. The summed E-state index contributed by atoms with van der Waals surface area (Å²) in [6, 6.07) is 16.9. The third kappa shape index (κ3) is 3.97. The minimum absolute atomic E-state index is 0.0156. The number of hydrogen-bond acceptors (Lipinski definition) is 9. The lowest BCUT2D eigenvalue weighted by Gasteiger charge is -2.23. The molecule has 0 radical (unpaired) electrons. The van der Waals surface area contributed by atoms with Crippen molar-refractivity contribution in [1.29, 1.82) is 0 Å². The molecular formula is C27H23N5O6. The Labute approximate surface area is 217 Å². The SMILES string of the molecule is CC1(C)O[C@@H]2[C@H](O1)[C@@H](C=O)O[C@H]2n1cnc2c(N(C(=O)c3ccccc3)C(=O)c3ccccc3)ncnc21. The van der Waals surface area contributed by atoms with Crippen molar-refractivity contribution in [2.24, 2.45) is 0 Å². The fraction of sp³-hybridized carbons (Fsp3) is 0.259. The summed E-state index contributed by atoms with van der Waals surface area (Å²) in [7, 11) is 0. The van der Waals surface area contributed by atoms with Crippen LogP contribution in [0.3, 0.4) is 0 Å². The van der Waals surface area contributed by atoms with Gasteiger partial charge < -0.3 is 19.0 Å². The number of carbonyl (C=O) groups excluding carboxylic acids is 3. The van der Waals surface area contributed by atoms with Gasteiger partial charge in [-0.1, -0.05) is 36.4 Å². The highest BCUT2D eigenvalue weighted by atomic mass is 16.8. The van der Waals surface area contributed by atoms with Crippen molar-refractivity contribution < 1.29 is 28.6 Å². The van der Waals surface area contributed by atoms with Crippen LogP contribution in [-0.2, 0) is 19.0 Å². The molecule has 2 aromatic heterocycles. The molecule has 6 rings (SSSR count). The van der Waals surface area contributed by atoms with E-state index in [0.29, 0.717) is 23.1 Å². The summed E-state index contributed by atoms with van der Waals surface area (Å²) in [5, 5.41) is 0. The van der Waals surface area contributed by atoms with E-state index >= 15 is 0 Å². The molecule has 4 atom stereocenters. The maximum atomic E-state index is 13.7. The van der Waals surface area contributed by atoms with Crippen LogP contribution in [0.25, 0.3) is 11.2 Å². The molecule has 0 saturated carbocycles. The third-order valence-corrected chi connectivity index (χ3v) is 6.47. The zero-order valence-corrected chi connectivity index (χ0v) is 20.5. The van der Waals surface area contributed by atoms with E-state index in [0.717, 1.165) is 4.90 Å². The number of imide groups is 1. The Morgan fingerprint density at radius 1 is 0.895 bits per heavy atom. The second-order valence-corrected chi connectivity index (χ2v) is 9.39. The van der Waals surface area contributed by atoms with E-state index in [1.165, 1.54) is 12.7 Å². The van der Waals surface area contributed by atoms with Gasteiger partial charge in [0.1, 0.15) is 24.6 Å². The van der Waals surface area contributed by atoms with E-state index in [-0.39, 0.29) is 11.3 Å². The number of nitrogens with zero attached hydrogens (tertiary/aromatic N) is 5. The lowest BCUT2D eigenvalue weighted by Crippen LogP contribution is -2.38. The topological polar surface area (TPSA) is 126 Å². The number of hydrogen-bond donors (Lipinski definition) is 0. The van der Waals surface area contributed by atoms with Crippen molar-refractivity contribution in [3.8, 4) is 0 Å². The molecule has 4 aromatic rings. The molecule has 11 heteroatoms. The summed E-state index contributed by atoms with van der Waals surface area (Å²) in [6.07, 6.45) is 0.546. The highest BCUT2D eigenvalue weighted by molar-refractivity contribution is 6.27. The van der Waals surface area contributed by atoms with Crippen LogP contribution in [0, 0.1) is 0 Å². The Morgan fingerprint density at radius 2 is 1.50 bits per heavy atom. The largest absolute Gasteiger partial charge is 0.341 e. The first-order valence-electron chi connectivity index (χ1n) is 12.0. The van der Waals surface area contributed by atoms with Gasteiger partial charge in [-0.25, -0.2) is 19.9 Å². The Kier molecular flexibility index (Phi) is 5.83. The maximum absolute atomic E-state index is 13.7. The Bertz CT molecular complexity index is 1470. The van der Waals surface area contributed by atoms with Crippen LogP contribution in [0.1, 0.15) is 40.8 Å². The average molecular weight is 514 g/mol. The van der Waals surface area contributed by atoms with Crippen molar-refractivity contribution in [2.45, 2.75) is 44.2 Å². The number of fused-ring (bicyclic) bond motifs is 2. The van der Waals surface area contributed by atoms with Gasteiger partial charge in [-0.15, -0.1) is 0 Å². The molecule has 0 N–H and O–H groups in total. The van der Waals surface area contributed by atoms with Crippen LogP contribution in [0.5, 0.6) is 0 Å². The van der Waals surface area contributed by atoms with Crippen molar-refractivity contribution >= 4 is 35.1 Å². The number of rotatable bonds is 5. The minimum Gasteiger partial charge on any atom is -0.341 e. The molecule has 4 heterocycles. The number of ether oxygens (including phenoxy) is 3. The number of imidazole rings is 1. The third-order valence-electron chi connectivity index (χ3n) is 6.47. The van der Waals surface area contributed by atoms with Gasteiger partial charge in [0, 0.05) is 11.1 Å². The normalized spacial score (nSPS) is 23.7. The van der Waals surface area contributed by atoms with Crippen LogP contribution >= 0.6 is 0 Å². The number of anilines is 1. The van der Waals surface area contributed by atoms with Crippen LogP contribution in [0.2, 0.25) is 0 Å². The van der Waals surface area contributed by atoms with E-state index in [1.807, 2.05) is 0 Å². The number of aldehydes is 1. The summed E-state index contributed by atoms with van der Waals surface area (Å²) in [5.41, 5.74) is 1.11. The Hall–Kier alpha value is -4.32. The maximum Gasteiger partial charge on any atom is 0.266 e. The zero-order valence-electron chi connectivity index (χ0n) is 20.5. The Morgan fingerprint density at radius 3 is 2.11 bits per heavy atom. The predicted molar refractivity (Wildman–Crippen MR) is 133 cm³/mol. The van der Waals surface area contributed by atoms with Crippen LogP contribution in [0.15, 0.2) is 73.3 Å². The summed E-state index contributed by atoms with van der Waals surface area (Å²) >= 11 is 0. The second kappa shape index (κ2) is 9.21. The lowest BCUT2D eigenvalue weighted by molar-refractivity contribution is -0.194. The highest BCUT2D eigenvalue weighted by Crippen LogP contribution is 2.43. The van der Waals surface area contributed by atoms with Crippen molar-refractivity contribution in [3.05, 3.63) is 84.4 Å². The predicted octanol–water partition coefficient (Wildman–Crippen LogP) is 2.93. The molecule has 2 saturated heterocycles. The van der Waals surface area contributed by atoms with E-state index in [2.05, 4.69) is 15.0 Å². The molecule has 2 aliphatic rings. The molecule has 2 aromatic carbocycles. The molecule has 38 heavy (non-hydrogen) atoms. The summed E-state index contributed by atoms with van der Waals surface area (Å²) in [5.74, 6) is -2.03. The molecule has 0 aliphatic carbocycles. The molecule has 0 unspecified atom stereocenters. The van der Waals surface area contributed by atoms with Crippen molar-refractivity contribution in [3.63, 3.8) is 0 Å². The van der Waals surface area contributed by atoms with Gasteiger partial charge in [0.2, 0.25) is 0 Å². The van der Waals surface area contributed by atoms with Gasteiger partial charge in [-0.3, -0.25) is 14.2 Å². The van der Waals surface area contributed by atoms with E-state index < -0.39 is 42.1 Å². The van der Waals surface area contributed by atoms with Gasteiger partial charge in [-0.2, -0.15) is 0 Å². The lowest BCUT2D eigenvalue weighted by atomic mass is 10.1. The van der Waals surface area contributed by atoms with Gasteiger partial charge in [-0.05, 0) is 38.1 Å². The fourth-order valence-corrected chi connectivity index (χ4v) is 4.83. The van der Waals surface area contributed by atoms with Crippen molar-refractivity contribution in [1.82, 2.24) is 19.5 Å². The summed E-state index contributed by atoms with van der Waals surface area (Å²) in [4.78, 5) is 53.2. The van der Waals surface area contributed by atoms with Crippen LogP contribution < -0.4 is 4.90 Å². The van der Waals surface area contributed by atoms with Gasteiger partial charge >= 0.3 is 0 Å². The molecule has 0 bridgehead atoms. The monoisotopic (exact) mass is 513 g/mol. The second-order valence-electron chi connectivity index (χ2n) is 9.39. The first kappa shape index (κ1) is 24.0. The highest BCUT2D eigenvalue weighted by Gasteiger charge is 2.56. The number of carbonyl (C=O) groups is 3. The van der Waals surface area contributed by atoms with E-state index in [9.17, 15) is 14.4 Å². The Balaban J connectivity index is 1.46. The summed E-state index contributed by atoms with van der Waals surface area (Å²) in [6.45, 7) is 3.53. The first-order valence-corrected chi connectivity index (χ1v) is 12.0. The standard InChI is InChI=1S/C27H23N5O6/c1-27(2)37-20-18(13-33)36-26(21(20)38-27)31-15-30-19-22(31)28-14-29-23(19)32(24(34)16-9-5-3-6-10-16)25(35)17-11-7-4-8-12-17/h3-15,18,20-21,26H,1-2H3/t18-,20-,21-,26-/m1/s1. The van der Waals surface area contributed by atoms with Crippen LogP contribution in [-0.4, -0.2) is 61.7 Å². The van der Waals surface area contributed by atoms with Gasteiger partial charge in [0.25, 0.3) is 11.8 Å². The first-order chi connectivity index (χ1) is 18.4. The zero-order chi connectivity index (χ0) is 26.4. The van der Waals surface area contributed by atoms with Crippen molar-refractivity contribution in [2.75, 3.05) is 4.90 Å². The smallest absolute Gasteiger partial charge is 0.266 e. The van der Waals surface area contributed by atoms with E-state index in [1.54, 1.807) is 79.1 Å². The molecule has 2 aliphatic heterocycles. The van der Waals surface area contributed by atoms with Gasteiger partial charge in [0.15, 0.2) is 35.3 Å². The van der Waals surface area contributed by atoms with Crippen LogP contribution in [0.4, 0.5) is 5.82 Å². The molecule has 2 amide bonds. The summed E-state index contributed by atoms with van der Waals surface area (Å²) < 4.78 is 19.5. The molecular weight excluding hydrogens is 490 g/mol. The molecule has 0 spiro atoms. The number of benzene rings is 2. The quantitative estimate of drug-likeness (QED) is 0.292. The minimum atomic E-state index is -0.907. The number of amides is 2.